The molecule has 0 radical (unpaired) electrons. The molecule has 0 saturated heterocycles. The highest BCUT2D eigenvalue weighted by Gasteiger charge is 2.08. The summed E-state index contributed by atoms with van der Waals surface area (Å²) >= 11 is 1.75. The van der Waals surface area contributed by atoms with Gasteiger partial charge in [-0.25, -0.2) is 9.97 Å². The van der Waals surface area contributed by atoms with Crippen molar-refractivity contribution >= 4 is 17.6 Å². The molecule has 94 valence electrons. The average Bonchev–Trinajstić information content (AvgIpc) is 2.40. The summed E-state index contributed by atoms with van der Waals surface area (Å²) in [4.78, 5) is 8.88. The van der Waals surface area contributed by atoms with E-state index in [-0.39, 0.29) is 0 Å². The number of benzene rings is 1. The Kier molecular flexibility index (Phi) is 4.20. The molecule has 18 heavy (non-hydrogen) atoms. The third kappa shape index (κ3) is 3.01. The van der Waals surface area contributed by atoms with Gasteiger partial charge in [0.2, 0.25) is 0 Å². The van der Waals surface area contributed by atoms with Crippen LogP contribution in [-0.2, 0) is 5.75 Å². The molecule has 0 fully saturated rings. The number of nitrogens with one attached hydrogen (secondary N) is 1. The van der Waals surface area contributed by atoms with Crippen LogP contribution < -0.4 is 5.32 Å². The van der Waals surface area contributed by atoms with Crippen LogP contribution in [0, 0.1) is 13.8 Å². The van der Waals surface area contributed by atoms with Gasteiger partial charge in [-0.3, -0.25) is 0 Å². The fourth-order valence-electron chi connectivity index (χ4n) is 1.71. The van der Waals surface area contributed by atoms with E-state index in [2.05, 4.69) is 46.5 Å². The van der Waals surface area contributed by atoms with Gasteiger partial charge in [0, 0.05) is 18.4 Å². The van der Waals surface area contributed by atoms with Gasteiger partial charge in [0.1, 0.15) is 16.7 Å². The second-order valence-corrected chi connectivity index (χ2v) is 5.04. The SMILES string of the molecule is CNc1nc(C)nc(SCc2ccccc2)c1C. The molecule has 0 bridgehead atoms. The van der Waals surface area contributed by atoms with Gasteiger partial charge in [-0.1, -0.05) is 30.3 Å². The first-order valence-electron chi connectivity index (χ1n) is 5.90. The quantitative estimate of drug-likeness (QED) is 0.674. The van der Waals surface area contributed by atoms with Gasteiger partial charge in [0.15, 0.2) is 0 Å². The molecule has 2 aromatic rings. The second-order valence-electron chi connectivity index (χ2n) is 4.07. The summed E-state index contributed by atoms with van der Waals surface area (Å²) in [5, 5.41) is 4.16. The van der Waals surface area contributed by atoms with Gasteiger partial charge in [-0.2, -0.15) is 0 Å². The van der Waals surface area contributed by atoms with Gasteiger partial charge in [0.25, 0.3) is 0 Å². The molecule has 1 aromatic heterocycles. The van der Waals surface area contributed by atoms with Gasteiger partial charge >= 0.3 is 0 Å². The predicted molar refractivity (Wildman–Crippen MR) is 77.1 cm³/mol. The molecule has 1 aromatic carbocycles. The van der Waals surface area contributed by atoms with Crippen LogP contribution in [-0.4, -0.2) is 17.0 Å². The Morgan fingerprint density at radius 1 is 1.11 bits per heavy atom. The standard InChI is InChI=1S/C14H17N3S/c1-10-13(15-3)16-11(2)17-14(10)18-9-12-7-5-4-6-8-12/h4-8H,9H2,1-3H3,(H,15,16,17). The molecule has 0 atom stereocenters. The van der Waals surface area contributed by atoms with E-state index in [9.17, 15) is 0 Å². The molecule has 0 spiro atoms. The predicted octanol–water partition coefficient (Wildman–Crippen LogP) is 3.43. The maximum absolute atomic E-state index is 4.51. The molecule has 0 unspecified atom stereocenters. The van der Waals surface area contributed by atoms with Gasteiger partial charge in [-0.15, -0.1) is 11.8 Å². The van der Waals surface area contributed by atoms with E-state index in [1.165, 1.54) is 5.56 Å². The summed E-state index contributed by atoms with van der Waals surface area (Å²) in [7, 11) is 1.89. The molecule has 1 N–H and O–H groups in total. The average molecular weight is 259 g/mol. The molecule has 0 aliphatic heterocycles. The number of hydrogen-bond donors (Lipinski definition) is 1. The summed E-state index contributed by atoms with van der Waals surface area (Å²) in [6, 6.07) is 10.4. The molecule has 1 heterocycles. The summed E-state index contributed by atoms with van der Waals surface area (Å²) in [5.41, 5.74) is 2.42. The van der Waals surface area contributed by atoms with E-state index in [1.54, 1.807) is 11.8 Å². The lowest BCUT2D eigenvalue weighted by atomic mass is 10.2. The minimum Gasteiger partial charge on any atom is -0.373 e. The summed E-state index contributed by atoms with van der Waals surface area (Å²) in [5.74, 6) is 2.65. The van der Waals surface area contributed by atoms with E-state index < -0.39 is 0 Å². The number of rotatable bonds is 4. The molecule has 2 rings (SSSR count). The smallest absolute Gasteiger partial charge is 0.133 e. The summed E-state index contributed by atoms with van der Waals surface area (Å²) in [6.07, 6.45) is 0. The zero-order chi connectivity index (χ0) is 13.0. The first kappa shape index (κ1) is 12.9. The van der Waals surface area contributed by atoms with Crippen molar-refractivity contribution in [2.75, 3.05) is 12.4 Å². The number of nitrogens with zero attached hydrogens (tertiary/aromatic N) is 2. The summed E-state index contributed by atoms with van der Waals surface area (Å²) in [6.45, 7) is 3.98. The molecule has 0 amide bonds. The van der Waals surface area contributed by atoms with Crippen molar-refractivity contribution in [2.24, 2.45) is 0 Å². The molecule has 0 saturated carbocycles. The summed E-state index contributed by atoms with van der Waals surface area (Å²) < 4.78 is 0. The highest BCUT2D eigenvalue weighted by Crippen LogP contribution is 2.27. The number of thioether (sulfide) groups is 1. The molecule has 0 aliphatic rings. The van der Waals surface area contributed by atoms with Crippen LogP contribution >= 0.6 is 11.8 Å². The van der Waals surface area contributed by atoms with E-state index in [4.69, 9.17) is 0 Å². The molecular weight excluding hydrogens is 242 g/mol. The van der Waals surface area contributed by atoms with Crippen molar-refractivity contribution in [3.63, 3.8) is 0 Å². The zero-order valence-corrected chi connectivity index (χ0v) is 11.7. The minimum atomic E-state index is 0.806. The highest BCUT2D eigenvalue weighted by molar-refractivity contribution is 7.98. The van der Waals surface area contributed by atoms with Crippen LogP contribution in [0.4, 0.5) is 5.82 Å². The lowest BCUT2D eigenvalue weighted by Crippen LogP contribution is -2.02. The fourth-order valence-corrected chi connectivity index (χ4v) is 2.72. The monoisotopic (exact) mass is 259 g/mol. The Hall–Kier alpha value is -1.55. The van der Waals surface area contributed by atoms with Crippen LogP contribution in [0.25, 0.3) is 0 Å². The number of aromatic nitrogens is 2. The Morgan fingerprint density at radius 3 is 2.50 bits per heavy atom. The molecule has 4 heteroatoms. The first-order chi connectivity index (χ1) is 8.70. The maximum atomic E-state index is 4.51. The van der Waals surface area contributed by atoms with Crippen molar-refractivity contribution in [2.45, 2.75) is 24.6 Å². The van der Waals surface area contributed by atoms with Crippen molar-refractivity contribution < 1.29 is 0 Å². The van der Waals surface area contributed by atoms with Gasteiger partial charge in [0.05, 0.1) is 0 Å². The van der Waals surface area contributed by atoms with E-state index in [1.807, 2.05) is 20.0 Å². The van der Waals surface area contributed by atoms with Crippen molar-refractivity contribution in [1.82, 2.24) is 9.97 Å². The van der Waals surface area contributed by atoms with Crippen molar-refractivity contribution in [3.8, 4) is 0 Å². The van der Waals surface area contributed by atoms with Crippen molar-refractivity contribution in [3.05, 3.63) is 47.3 Å². The lowest BCUT2D eigenvalue weighted by Gasteiger charge is -2.10. The number of aryl methyl sites for hydroxylation is 1. The Morgan fingerprint density at radius 2 is 1.83 bits per heavy atom. The zero-order valence-electron chi connectivity index (χ0n) is 10.9. The topological polar surface area (TPSA) is 37.8 Å². The Balaban J connectivity index is 2.17. The number of hydrogen-bond acceptors (Lipinski definition) is 4. The Labute approximate surface area is 112 Å². The normalized spacial score (nSPS) is 10.4. The van der Waals surface area contributed by atoms with Crippen molar-refractivity contribution in [1.29, 1.82) is 0 Å². The van der Waals surface area contributed by atoms with Gasteiger partial charge in [-0.05, 0) is 19.4 Å². The van der Waals surface area contributed by atoms with Gasteiger partial charge < -0.3 is 5.32 Å². The third-order valence-electron chi connectivity index (χ3n) is 2.67. The Bertz CT molecular complexity index is 526. The molecular formula is C14H17N3S. The minimum absolute atomic E-state index is 0.806. The molecule has 0 aliphatic carbocycles. The van der Waals surface area contributed by atoms with Crippen LogP contribution in [0.3, 0.4) is 0 Å². The van der Waals surface area contributed by atoms with E-state index >= 15 is 0 Å². The maximum Gasteiger partial charge on any atom is 0.133 e. The number of anilines is 1. The lowest BCUT2D eigenvalue weighted by molar-refractivity contribution is 0.940. The highest BCUT2D eigenvalue weighted by atomic mass is 32.2. The van der Waals surface area contributed by atoms with E-state index in [0.29, 0.717) is 0 Å². The van der Waals surface area contributed by atoms with E-state index in [0.717, 1.165) is 28.0 Å². The van der Waals surface area contributed by atoms with Crippen LogP contribution in [0.15, 0.2) is 35.4 Å². The second kappa shape index (κ2) is 5.87. The third-order valence-corrected chi connectivity index (χ3v) is 3.82. The largest absolute Gasteiger partial charge is 0.373 e. The van der Waals surface area contributed by atoms with Crippen LogP contribution in [0.2, 0.25) is 0 Å². The molecule has 3 nitrogen and oxygen atoms in total. The first-order valence-corrected chi connectivity index (χ1v) is 6.89. The fraction of sp³-hybridized carbons (Fsp3) is 0.286. The van der Waals surface area contributed by atoms with Crippen LogP contribution in [0.1, 0.15) is 17.0 Å². The van der Waals surface area contributed by atoms with Crippen LogP contribution in [0.5, 0.6) is 0 Å².